The number of phenolic OH excluding ortho intramolecular Hbond substituents is 1. The van der Waals surface area contributed by atoms with E-state index in [0.29, 0.717) is 17.7 Å². The van der Waals surface area contributed by atoms with E-state index >= 15 is 0 Å². The van der Waals surface area contributed by atoms with Crippen molar-refractivity contribution in [2.45, 2.75) is 26.7 Å². The molecule has 0 aliphatic carbocycles. The summed E-state index contributed by atoms with van der Waals surface area (Å²) in [6, 6.07) is 6.50. The highest BCUT2D eigenvalue weighted by Crippen LogP contribution is 2.28. The Kier molecular flexibility index (Phi) is 6.37. The standard InChI is InChI=1S/C18H25N3O3/c1-3-20(4-2)11-5-6-12-21(18(23)24)17-9-10-19-16-13-14(22)7-8-15(16)17/h7-10,13,22H,3-6,11-12H2,1-2H3,(H,23,24). The minimum atomic E-state index is -0.974. The number of aromatic hydroxyl groups is 1. The summed E-state index contributed by atoms with van der Waals surface area (Å²) in [4.78, 5) is 19.6. The van der Waals surface area contributed by atoms with Crippen molar-refractivity contribution in [2.24, 2.45) is 0 Å². The minimum absolute atomic E-state index is 0.119. The summed E-state index contributed by atoms with van der Waals surface area (Å²) in [5, 5.41) is 19.9. The SMILES string of the molecule is CCN(CC)CCCCN(C(=O)O)c1ccnc2cc(O)ccc12. The normalized spacial score (nSPS) is 11.1. The van der Waals surface area contributed by atoms with Gasteiger partial charge in [-0.05, 0) is 50.7 Å². The molecular weight excluding hydrogens is 306 g/mol. The molecule has 1 amide bonds. The minimum Gasteiger partial charge on any atom is -0.508 e. The van der Waals surface area contributed by atoms with Crippen LogP contribution in [0.5, 0.6) is 5.75 Å². The molecule has 0 saturated carbocycles. The molecule has 0 unspecified atom stereocenters. The van der Waals surface area contributed by atoms with Gasteiger partial charge in [0, 0.05) is 24.2 Å². The Morgan fingerprint density at radius 3 is 2.50 bits per heavy atom. The summed E-state index contributed by atoms with van der Waals surface area (Å²) in [6.45, 7) is 7.70. The number of hydrogen-bond donors (Lipinski definition) is 2. The van der Waals surface area contributed by atoms with E-state index in [1.165, 1.54) is 4.90 Å². The van der Waals surface area contributed by atoms with E-state index in [4.69, 9.17) is 0 Å². The molecule has 1 heterocycles. The van der Waals surface area contributed by atoms with Crippen LogP contribution in [0.3, 0.4) is 0 Å². The molecule has 2 aromatic rings. The largest absolute Gasteiger partial charge is 0.508 e. The molecule has 1 aromatic heterocycles. The average Bonchev–Trinajstić information content (AvgIpc) is 2.57. The van der Waals surface area contributed by atoms with Crippen molar-refractivity contribution < 1.29 is 15.0 Å². The number of pyridine rings is 1. The van der Waals surface area contributed by atoms with E-state index < -0.39 is 6.09 Å². The van der Waals surface area contributed by atoms with Crippen molar-refractivity contribution >= 4 is 22.7 Å². The first kappa shape index (κ1) is 18.0. The van der Waals surface area contributed by atoms with Crippen molar-refractivity contribution in [1.82, 2.24) is 9.88 Å². The molecular formula is C18H25N3O3. The summed E-state index contributed by atoms with van der Waals surface area (Å²) < 4.78 is 0. The molecule has 130 valence electrons. The number of carbonyl (C=O) groups is 1. The molecule has 6 nitrogen and oxygen atoms in total. The van der Waals surface area contributed by atoms with Gasteiger partial charge in [-0.25, -0.2) is 4.79 Å². The van der Waals surface area contributed by atoms with E-state index in [2.05, 4.69) is 23.7 Å². The Balaban J connectivity index is 2.12. The number of benzene rings is 1. The van der Waals surface area contributed by atoms with Crippen LogP contribution in [0.15, 0.2) is 30.5 Å². The van der Waals surface area contributed by atoms with Crippen LogP contribution in [0, 0.1) is 0 Å². The fraction of sp³-hybridized carbons (Fsp3) is 0.444. The van der Waals surface area contributed by atoms with Gasteiger partial charge in [0.05, 0.1) is 11.2 Å². The van der Waals surface area contributed by atoms with Crippen LogP contribution < -0.4 is 4.90 Å². The van der Waals surface area contributed by atoms with Gasteiger partial charge < -0.3 is 15.1 Å². The monoisotopic (exact) mass is 331 g/mol. The van der Waals surface area contributed by atoms with Crippen LogP contribution in [-0.4, -0.2) is 52.4 Å². The lowest BCUT2D eigenvalue weighted by molar-refractivity contribution is 0.201. The molecule has 0 atom stereocenters. The van der Waals surface area contributed by atoms with E-state index in [0.717, 1.165) is 37.9 Å². The number of rotatable bonds is 8. The molecule has 0 bridgehead atoms. The number of carboxylic acid groups (broad SMARTS) is 1. The van der Waals surface area contributed by atoms with E-state index in [1.54, 1.807) is 30.5 Å². The van der Waals surface area contributed by atoms with E-state index in [9.17, 15) is 15.0 Å². The second kappa shape index (κ2) is 8.49. The predicted octanol–water partition coefficient (Wildman–Crippen LogP) is 3.55. The van der Waals surface area contributed by atoms with Crippen LogP contribution in [0.4, 0.5) is 10.5 Å². The van der Waals surface area contributed by atoms with Gasteiger partial charge in [0.25, 0.3) is 0 Å². The van der Waals surface area contributed by atoms with Gasteiger partial charge in [0.2, 0.25) is 0 Å². The molecule has 1 aromatic carbocycles. The number of nitrogens with zero attached hydrogens (tertiary/aromatic N) is 3. The maximum atomic E-state index is 11.7. The Morgan fingerprint density at radius 2 is 1.83 bits per heavy atom. The van der Waals surface area contributed by atoms with Crippen LogP contribution in [0.1, 0.15) is 26.7 Å². The highest BCUT2D eigenvalue weighted by molar-refractivity contribution is 5.99. The molecule has 0 radical (unpaired) electrons. The average molecular weight is 331 g/mol. The molecule has 24 heavy (non-hydrogen) atoms. The van der Waals surface area contributed by atoms with Crippen LogP contribution in [-0.2, 0) is 0 Å². The second-order valence-corrected chi connectivity index (χ2v) is 5.70. The van der Waals surface area contributed by atoms with Crippen LogP contribution in [0.2, 0.25) is 0 Å². The Morgan fingerprint density at radius 1 is 1.12 bits per heavy atom. The number of hydrogen-bond acceptors (Lipinski definition) is 4. The zero-order valence-corrected chi connectivity index (χ0v) is 14.3. The maximum Gasteiger partial charge on any atom is 0.411 e. The molecule has 0 fully saturated rings. The quantitative estimate of drug-likeness (QED) is 0.723. The first-order chi connectivity index (χ1) is 11.6. The smallest absolute Gasteiger partial charge is 0.411 e. The van der Waals surface area contributed by atoms with Gasteiger partial charge in [0.15, 0.2) is 0 Å². The van der Waals surface area contributed by atoms with Crippen molar-refractivity contribution in [1.29, 1.82) is 0 Å². The number of phenols is 1. The first-order valence-electron chi connectivity index (χ1n) is 8.37. The van der Waals surface area contributed by atoms with Gasteiger partial charge in [-0.15, -0.1) is 0 Å². The van der Waals surface area contributed by atoms with Gasteiger partial charge >= 0.3 is 6.09 Å². The van der Waals surface area contributed by atoms with Crippen molar-refractivity contribution in [3.63, 3.8) is 0 Å². The number of unbranched alkanes of at least 4 members (excludes halogenated alkanes) is 1. The molecule has 2 rings (SSSR count). The lowest BCUT2D eigenvalue weighted by Gasteiger charge is -2.22. The third-order valence-electron chi connectivity index (χ3n) is 4.23. The first-order valence-corrected chi connectivity index (χ1v) is 8.37. The van der Waals surface area contributed by atoms with Crippen molar-refractivity contribution in [3.8, 4) is 5.75 Å². The summed E-state index contributed by atoms with van der Waals surface area (Å²) in [6.07, 6.45) is 2.35. The Hall–Kier alpha value is -2.34. The van der Waals surface area contributed by atoms with Crippen LogP contribution >= 0.6 is 0 Å². The summed E-state index contributed by atoms with van der Waals surface area (Å²) in [7, 11) is 0. The lowest BCUT2D eigenvalue weighted by atomic mass is 10.1. The zero-order chi connectivity index (χ0) is 17.5. The highest BCUT2D eigenvalue weighted by atomic mass is 16.4. The molecule has 0 saturated heterocycles. The zero-order valence-electron chi connectivity index (χ0n) is 14.3. The highest BCUT2D eigenvalue weighted by Gasteiger charge is 2.17. The van der Waals surface area contributed by atoms with Gasteiger partial charge in [0.1, 0.15) is 5.75 Å². The third kappa shape index (κ3) is 4.35. The summed E-state index contributed by atoms with van der Waals surface area (Å²) >= 11 is 0. The van der Waals surface area contributed by atoms with E-state index in [-0.39, 0.29) is 5.75 Å². The second-order valence-electron chi connectivity index (χ2n) is 5.70. The molecule has 2 N–H and O–H groups in total. The number of amides is 1. The lowest BCUT2D eigenvalue weighted by Crippen LogP contribution is -2.31. The topological polar surface area (TPSA) is 76.9 Å². The summed E-state index contributed by atoms with van der Waals surface area (Å²) in [5.41, 5.74) is 1.19. The van der Waals surface area contributed by atoms with Gasteiger partial charge in [-0.1, -0.05) is 13.8 Å². The Labute approximate surface area is 142 Å². The fourth-order valence-electron chi connectivity index (χ4n) is 2.82. The fourth-order valence-corrected chi connectivity index (χ4v) is 2.82. The number of fused-ring (bicyclic) bond motifs is 1. The van der Waals surface area contributed by atoms with Crippen LogP contribution in [0.25, 0.3) is 10.9 Å². The molecule has 0 aliphatic rings. The van der Waals surface area contributed by atoms with Gasteiger partial charge in [-0.3, -0.25) is 9.88 Å². The van der Waals surface area contributed by atoms with E-state index in [1.807, 2.05) is 0 Å². The third-order valence-corrected chi connectivity index (χ3v) is 4.23. The van der Waals surface area contributed by atoms with Gasteiger partial charge in [-0.2, -0.15) is 0 Å². The van der Waals surface area contributed by atoms with Crippen molar-refractivity contribution in [3.05, 3.63) is 30.5 Å². The number of anilines is 1. The molecule has 6 heteroatoms. The maximum absolute atomic E-state index is 11.7. The summed E-state index contributed by atoms with van der Waals surface area (Å²) in [5.74, 6) is 0.119. The molecule has 0 aliphatic heterocycles. The number of aromatic nitrogens is 1. The Bertz CT molecular complexity index is 686. The predicted molar refractivity (Wildman–Crippen MR) is 95.8 cm³/mol. The van der Waals surface area contributed by atoms with Crippen molar-refractivity contribution in [2.75, 3.05) is 31.1 Å². The molecule has 0 spiro atoms.